The number of carboxylic acids is 1. The molecule has 0 aliphatic rings. The smallest absolute Gasteiger partial charge is 0.443 e. The molecule has 1 N–H and O–H groups in total. The van der Waals surface area contributed by atoms with Crippen LogP contribution in [0.5, 0.6) is 0 Å². The summed E-state index contributed by atoms with van der Waals surface area (Å²) in [7, 11) is 0. The lowest BCUT2D eigenvalue weighted by atomic mass is 10.2. The molecule has 0 radical (unpaired) electrons. The summed E-state index contributed by atoms with van der Waals surface area (Å²) >= 11 is 0. The maximum atomic E-state index is 11.5. The van der Waals surface area contributed by atoms with E-state index in [4.69, 9.17) is 9.84 Å². The fraction of sp³-hybridized carbons (Fsp3) is 0.700. The third-order valence-electron chi connectivity index (χ3n) is 1.36. The molecule has 7 heteroatoms. The molecular weight excluding hydrogens is 230 g/mol. The van der Waals surface area contributed by atoms with Gasteiger partial charge in [0.15, 0.2) is 0 Å². The second-order valence-corrected chi connectivity index (χ2v) is 4.31. The van der Waals surface area contributed by atoms with Crippen LogP contribution in [0.15, 0.2) is 0 Å². The number of carboxylic acid groups (broad SMARTS) is 1. The van der Waals surface area contributed by atoms with Crippen molar-refractivity contribution in [1.82, 2.24) is 5.06 Å². The summed E-state index contributed by atoms with van der Waals surface area (Å²) in [5.41, 5.74) is -0.751. The molecule has 17 heavy (non-hydrogen) atoms. The van der Waals surface area contributed by atoms with Gasteiger partial charge in [-0.2, -0.15) is 0 Å². The van der Waals surface area contributed by atoms with Crippen LogP contribution in [0, 0.1) is 0 Å². The first-order valence-electron chi connectivity index (χ1n) is 5.02. The van der Waals surface area contributed by atoms with Crippen LogP contribution in [0.2, 0.25) is 0 Å². The van der Waals surface area contributed by atoms with Crippen LogP contribution in [-0.4, -0.2) is 40.3 Å². The third-order valence-corrected chi connectivity index (χ3v) is 1.36. The van der Waals surface area contributed by atoms with Crippen molar-refractivity contribution in [3.05, 3.63) is 0 Å². The lowest BCUT2D eigenvalue weighted by Crippen LogP contribution is -2.39. The summed E-state index contributed by atoms with van der Waals surface area (Å²) in [6.07, 6.45) is -1.24. The molecule has 0 aromatic rings. The second-order valence-electron chi connectivity index (χ2n) is 4.31. The van der Waals surface area contributed by atoms with E-state index in [-0.39, 0.29) is 13.0 Å². The Morgan fingerprint density at radius 2 is 1.76 bits per heavy atom. The van der Waals surface area contributed by atoms with E-state index in [9.17, 15) is 14.4 Å². The van der Waals surface area contributed by atoms with Gasteiger partial charge in [0.1, 0.15) is 5.60 Å². The number of amides is 1. The largest absolute Gasteiger partial charge is 0.481 e. The van der Waals surface area contributed by atoms with E-state index in [0.29, 0.717) is 5.06 Å². The Kier molecular flexibility index (Phi) is 5.43. The number of nitrogens with zero attached hydrogens (tertiary/aromatic N) is 1. The molecule has 1 amide bonds. The lowest BCUT2D eigenvalue weighted by Gasteiger charge is -2.25. The molecule has 0 saturated heterocycles. The number of carbonyl (C=O) groups excluding carboxylic acids is 2. The molecule has 98 valence electrons. The van der Waals surface area contributed by atoms with Gasteiger partial charge in [-0.3, -0.25) is 9.59 Å². The quantitative estimate of drug-likeness (QED) is 0.752. The van der Waals surface area contributed by atoms with E-state index in [1.807, 2.05) is 0 Å². The molecule has 0 fully saturated rings. The van der Waals surface area contributed by atoms with Gasteiger partial charge in [-0.15, -0.1) is 5.06 Å². The number of aliphatic carboxylic acids is 1. The molecule has 0 saturated carbocycles. The Balaban J connectivity index is 4.50. The fourth-order valence-corrected chi connectivity index (χ4v) is 0.839. The van der Waals surface area contributed by atoms with Crippen LogP contribution >= 0.6 is 0 Å². The average molecular weight is 247 g/mol. The zero-order chi connectivity index (χ0) is 13.6. The topological polar surface area (TPSA) is 93.1 Å². The molecule has 0 aliphatic heterocycles. The van der Waals surface area contributed by atoms with Gasteiger partial charge < -0.3 is 14.7 Å². The Labute approximate surface area is 99.2 Å². The number of hydroxylamine groups is 2. The van der Waals surface area contributed by atoms with Crippen LogP contribution < -0.4 is 0 Å². The summed E-state index contributed by atoms with van der Waals surface area (Å²) in [6.45, 7) is 5.79. The zero-order valence-electron chi connectivity index (χ0n) is 10.3. The minimum Gasteiger partial charge on any atom is -0.481 e. The van der Waals surface area contributed by atoms with Crippen LogP contribution in [0.1, 0.15) is 34.1 Å². The number of hydrogen-bond acceptors (Lipinski definition) is 5. The molecule has 0 aromatic carbocycles. The molecular formula is C10H17NO6. The van der Waals surface area contributed by atoms with E-state index < -0.39 is 23.6 Å². The molecule has 0 unspecified atom stereocenters. The van der Waals surface area contributed by atoms with E-state index in [0.717, 1.165) is 6.92 Å². The number of hydrogen-bond donors (Lipinski definition) is 1. The molecule has 0 atom stereocenters. The minimum absolute atomic E-state index is 0.260. The van der Waals surface area contributed by atoms with E-state index >= 15 is 0 Å². The number of rotatable bonds is 3. The lowest BCUT2D eigenvalue weighted by molar-refractivity contribution is -0.183. The number of ether oxygens (including phenoxy) is 1. The van der Waals surface area contributed by atoms with Crippen LogP contribution in [0.25, 0.3) is 0 Å². The summed E-state index contributed by atoms with van der Waals surface area (Å²) in [6, 6.07) is 0. The van der Waals surface area contributed by atoms with Gasteiger partial charge in [-0.25, -0.2) is 4.79 Å². The first kappa shape index (κ1) is 15.2. The summed E-state index contributed by atoms with van der Waals surface area (Å²) in [4.78, 5) is 37.2. The predicted molar refractivity (Wildman–Crippen MR) is 57.0 cm³/mol. The third kappa shape index (κ3) is 8.06. The molecule has 0 aliphatic carbocycles. The molecule has 0 rings (SSSR count). The summed E-state index contributed by atoms with van der Waals surface area (Å²) in [5, 5.41) is 9.09. The van der Waals surface area contributed by atoms with Crippen LogP contribution in [-0.2, 0) is 19.2 Å². The highest BCUT2D eigenvalue weighted by Crippen LogP contribution is 2.10. The highest BCUT2D eigenvalue weighted by molar-refractivity contribution is 5.73. The number of carbonyl (C=O) groups is 3. The van der Waals surface area contributed by atoms with E-state index in [1.165, 1.54) is 0 Å². The van der Waals surface area contributed by atoms with Crippen molar-refractivity contribution in [2.24, 2.45) is 0 Å². The van der Waals surface area contributed by atoms with Crippen molar-refractivity contribution in [2.45, 2.75) is 39.7 Å². The van der Waals surface area contributed by atoms with Gasteiger partial charge in [0.05, 0.1) is 13.0 Å². The van der Waals surface area contributed by atoms with E-state index in [1.54, 1.807) is 20.8 Å². The Morgan fingerprint density at radius 3 is 2.12 bits per heavy atom. The molecule has 0 spiro atoms. The monoisotopic (exact) mass is 247 g/mol. The standard InChI is InChI=1S/C10H17NO6/c1-7(12)17-11(6-5-8(13)14)9(15)16-10(2,3)4/h5-6H2,1-4H3,(H,13,14). The highest BCUT2D eigenvalue weighted by atomic mass is 16.8. The minimum atomic E-state index is -1.11. The summed E-state index contributed by atoms with van der Waals surface area (Å²) < 4.78 is 4.95. The Morgan fingerprint density at radius 1 is 1.24 bits per heavy atom. The maximum absolute atomic E-state index is 11.5. The maximum Gasteiger partial charge on any atom is 0.443 e. The first-order valence-corrected chi connectivity index (χ1v) is 5.02. The van der Waals surface area contributed by atoms with Gasteiger partial charge in [0.25, 0.3) is 0 Å². The van der Waals surface area contributed by atoms with Gasteiger partial charge in [0.2, 0.25) is 0 Å². The van der Waals surface area contributed by atoms with Gasteiger partial charge >= 0.3 is 18.0 Å². The molecule has 0 bridgehead atoms. The molecule has 7 nitrogen and oxygen atoms in total. The predicted octanol–water partition coefficient (Wildman–Crippen LogP) is 1.18. The highest BCUT2D eigenvalue weighted by Gasteiger charge is 2.24. The molecule has 0 aromatic heterocycles. The Hall–Kier alpha value is -1.79. The fourth-order valence-electron chi connectivity index (χ4n) is 0.839. The van der Waals surface area contributed by atoms with Crippen molar-refractivity contribution in [1.29, 1.82) is 0 Å². The average Bonchev–Trinajstić information content (AvgIpc) is 2.08. The van der Waals surface area contributed by atoms with Gasteiger partial charge in [0, 0.05) is 6.92 Å². The first-order chi connectivity index (χ1) is 7.61. The van der Waals surface area contributed by atoms with E-state index in [2.05, 4.69) is 4.84 Å². The van der Waals surface area contributed by atoms with Gasteiger partial charge in [-0.05, 0) is 20.8 Å². The van der Waals surface area contributed by atoms with Crippen molar-refractivity contribution >= 4 is 18.0 Å². The second kappa shape index (κ2) is 6.07. The Bertz CT molecular complexity index is 306. The SMILES string of the molecule is CC(=O)ON(CCC(=O)O)C(=O)OC(C)(C)C. The summed E-state index contributed by atoms with van der Waals surface area (Å²) in [5.74, 6) is -1.83. The normalized spacial score (nSPS) is 10.6. The van der Waals surface area contributed by atoms with Crippen molar-refractivity contribution in [3.8, 4) is 0 Å². The van der Waals surface area contributed by atoms with Crippen LogP contribution in [0.3, 0.4) is 0 Å². The molecule has 0 heterocycles. The van der Waals surface area contributed by atoms with Gasteiger partial charge in [-0.1, -0.05) is 0 Å². The van der Waals surface area contributed by atoms with Crippen molar-refractivity contribution in [2.75, 3.05) is 6.54 Å². The van der Waals surface area contributed by atoms with Crippen molar-refractivity contribution < 1.29 is 29.1 Å². The van der Waals surface area contributed by atoms with Crippen LogP contribution in [0.4, 0.5) is 4.79 Å². The van der Waals surface area contributed by atoms with Crippen molar-refractivity contribution in [3.63, 3.8) is 0 Å². The zero-order valence-corrected chi connectivity index (χ0v) is 10.3.